The van der Waals surface area contributed by atoms with Crippen LogP contribution in [0.3, 0.4) is 0 Å². The lowest BCUT2D eigenvalue weighted by atomic mass is 9.99. The molecule has 1 fully saturated rings. The van der Waals surface area contributed by atoms with E-state index in [-0.39, 0.29) is 5.78 Å². The van der Waals surface area contributed by atoms with E-state index in [1.54, 1.807) is 0 Å². The summed E-state index contributed by atoms with van der Waals surface area (Å²) in [4.78, 5) is 14.8. The lowest BCUT2D eigenvalue weighted by molar-refractivity contribution is 0.0993. The number of likely N-dealkylation sites (tertiary alicyclic amines) is 1. The largest absolute Gasteiger partial charge is 0.490 e. The normalized spacial score (nSPS) is 15.1. The molecule has 0 aliphatic carbocycles. The standard InChI is InChI=1S/C27H29NO2/c1-20-3-7-24(8-4-20)27(29)19-21-5-9-22(10-6-21)23-11-13-25(14-12-23)30-26-15-17-28(2)18-16-26/h3-14,26H,15-19H2,1-2H3. The average molecular weight is 400 g/mol. The number of piperidine rings is 1. The second-order valence-electron chi connectivity index (χ2n) is 8.31. The summed E-state index contributed by atoms with van der Waals surface area (Å²) in [5.41, 5.74) is 5.27. The quantitative estimate of drug-likeness (QED) is 0.508. The van der Waals surface area contributed by atoms with Crippen molar-refractivity contribution >= 4 is 5.78 Å². The van der Waals surface area contributed by atoms with Gasteiger partial charge in [0.05, 0.1) is 0 Å². The number of nitrogens with zero attached hydrogens (tertiary/aromatic N) is 1. The molecular weight excluding hydrogens is 370 g/mol. The highest BCUT2D eigenvalue weighted by Crippen LogP contribution is 2.25. The van der Waals surface area contributed by atoms with Gasteiger partial charge in [0.15, 0.2) is 5.78 Å². The first-order chi connectivity index (χ1) is 14.6. The third kappa shape index (κ3) is 5.17. The maximum absolute atomic E-state index is 12.5. The number of carbonyl (C=O) groups is 1. The van der Waals surface area contributed by atoms with Crippen molar-refractivity contribution in [2.75, 3.05) is 20.1 Å². The van der Waals surface area contributed by atoms with Crippen LogP contribution in [0.5, 0.6) is 5.75 Å². The Bertz CT molecular complexity index is 967. The fourth-order valence-corrected chi connectivity index (χ4v) is 3.86. The van der Waals surface area contributed by atoms with Crippen molar-refractivity contribution in [3.8, 4) is 16.9 Å². The highest BCUT2D eigenvalue weighted by Gasteiger charge is 2.17. The summed E-state index contributed by atoms with van der Waals surface area (Å²) in [7, 11) is 2.16. The molecule has 1 saturated heterocycles. The van der Waals surface area contributed by atoms with Crippen molar-refractivity contribution in [2.45, 2.75) is 32.3 Å². The Balaban J connectivity index is 1.36. The van der Waals surface area contributed by atoms with Crippen LogP contribution in [-0.2, 0) is 6.42 Å². The Morgan fingerprint density at radius 1 is 0.867 bits per heavy atom. The summed E-state index contributed by atoms with van der Waals surface area (Å²) < 4.78 is 6.14. The molecule has 0 radical (unpaired) electrons. The zero-order valence-electron chi connectivity index (χ0n) is 17.8. The van der Waals surface area contributed by atoms with Gasteiger partial charge in [-0.3, -0.25) is 4.79 Å². The van der Waals surface area contributed by atoms with E-state index >= 15 is 0 Å². The molecule has 0 unspecified atom stereocenters. The van der Waals surface area contributed by atoms with Gasteiger partial charge in [0.2, 0.25) is 0 Å². The van der Waals surface area contributed by atoms with Crippen molar-refractivity contribution in [1.29, 1.82) is 0 Å². The number of rotatable bonds is 6. The Morgan fingerprint density at radius 3 is 2.03 bits per heavy atom. The summed E-state index contributed by atoms with van der Waals surface area (Å²) >= 11 is 0. The van der Waals surface area contributed by atoms with Gasteiger partial charge in [-0.2, -0.15) is 0 Å². The van der Waals surface area contributed by atoms with E-state index in [9.17, 15) is 4.79 Å². The molecule has 0 aromatic heterocycles. The molecule has 1 heterocycles. The first-order valence-corrected chi connectivity index (χ1v) is 10.7. The van der Waals surface area contributed by atoms with Gasteiger partial charge in [0, 0.05) is 25.1 Å². The van der Waals surface area contributed by atoms with Crippen LogP contribution >= 0.6 is 0 Å². The van der Waals surface area contributed by atoms with E-state index in [4.69, 9.17) is 4.74 Å². The highest BCUT2D eigenvalue weighted by molar-refractivity contribution is 5.97. The number of aryl methyl sites for hydroxylation is 1. The van der Waals surface area contributed by atoms with E-state index in [1.807, 2.05) is 43.3 Å². The van der Waals surface area contributed by atoms with E-state index in [0.717, 1.165) is 53.9 Å². The zero-order valence-corrected chi connectivity index (χ0v) is 17.8. The molecule has 0 amide bonds. The third-order valence-corrected chi connectivity index (χ3v) is 5.85. The molecule has 0 N–H and O–H groups in total. The fourth-order valence-electron chi connectivity index (χ4n) is 3.86. The molecule has 3 heteroatoms. The van der Waals surface area contributed by atoms with Crippen LogP contribution in [-0.4, -0.2) is 36.9 Å². The number of hydrogen-bond acceptors (Lipinski definition) is 3. The second kappa shape index (κ2) is 9.27. The van der Waals surface area contributed by atoms with Gasteiger partial charge in [-0.1, -0.05) is 66.2 Å². The molecule has 0 spiro atoms. The van der Waals surface area contributed by atoms with Gasteiger partial charge in [0.25, 0.3) is 0 Å². The molecule has 30 heavy (non-hydrogen) atoms. The SMILES string of the molecule is Cc1ccc(C(=O)Cc2ccc(-c3ccc(OC4CCN(C)CC4)cc3)cc2)cc1. The maximum atomic E-state index is 12.5. The number of ether oxygens (including phenoxy) is 1. The summed E-state index contributed by atoms with van der Waals surface area (Å²) in [6, 6.07) is 24.4. The molecule has 3 aromatic rings. The first kappa shape index (κ1) is 20.4. The van der Waals surface area contributed by atoms with Crippen LogP contribution in [0.1, 0.15) is 34.3 Å². The van der Waals surface area contributed by atoms with Crippen LogP contribution < -0.4 is 4.74 Å². The summed E-state index contributed by atoms with van der Waals surface area (Å²) in [5.74, 6) is 1.09. The minimum Gasteiger partial charge on any atom is -0.490 e. The summed E-state index contributed by atoms with van der Waals surface area (Å²) in [5, 5.41) is 0. The van der Waals surface area contributed by atoms with Crippen LogP contribution in [0.15, 0.2) is 72.8 Å². The van der Waals surface area contributed by atoms with Gasteiger partial charge in [-0.25, -0.2) is 0 Å². The van der Waals surface area contributed by atoms with Crippen LogP contribution in [0.25, 0.3) is 11.1 Å². The third-order valence-electron chi connectivity index (χ3n) is 5.85. The lowest BCUT2D eigenvalue weighted by Crippen LogP contribution is -2.35. The summed E-state index contributed by atoms with van der Waals surface area (Å²) in [6.07, 6.45) is 2.91. The van der Waals surface area contributed by atoms with Crippen molar-refractivity contribution in [1.82, 2.24) is 4.90 Å². The number of ketones is 1. The number of benzene rings is 3. The van der Waals surface area contributed by atoms with Gasteiger partial charge in [0.1, 0.15) is 11.9 Å². The van der Waals surface area contributed by atoms with Crippen LogP contribution in [0, 0.1) is 6.92 Å². The predicted molar refractivity (Wildman–Crippen MR) is 122 cm³/mol. The molecule has 3 nitrogen and oxygen atoms in total. The molecule has 0 saturated carbocycles. The van der Waals surface area contributed by atoms with E-state index < -0.39 is 0 Å². The van der Waals surface area contributed by atoms with Crippen molar-refractivity contribution in [3.63, 3.8) is 0 Å². The van der Waals surface area contributed by atoms with Crippen molar-refractivity contribution in [2.24, 2.45) is 0 Å². The average Bonchev–Trinajstić information content (AvgIpc) is 2.77. The minimum atomic E-state index is 0.151. The number of carbonyl (C=O) groups excluding carboxylic acids is 1. The molecule has 1 aliphatic heterocycles. The van der Waals surface area contributed by atoms with E-state index in [2.05, 4.69) is 48.3 Å². The lowest BCUT2D eigenvalue weighted by Gasteiger charge is -2.29. The number of hydrogen-bond donors (Lipinski definition) is 0. The Hall–Kier alpha value is -2.91. The highest BCUT2D eigenvalue weighted by atomic mass is 16.5. The van der Waals surface area contributed by atoms with E-state index in [0.29, 0.717) is 12.5 Å². The smallest absolute Gasteiger partial charge is 0.167 e. The van der Waals surface area contributed by atoms with Gasteiger partial charge < -0.3 is 9.64 Å². The molecule has 0 atom stereocenters. The van der Waals surface area contributed by atoms with Gasteiger partial charge in [-0.05, 0) is 55.6 Å². The Kier molecular flexibility index (Phi) is 6.29. The second-order valence-corrected chi connectivity index (χ2v) is 8.31. The van der Waals surface area contributed by atoms with Crippen molar-refractivity contribution < 1.29 is 9.53 Å². The predicted octanol–water partition coefficient (Wildman–Crippen LogP) is 5.56. The van der Waals surface area contributed by atoms with Crippen LogP contribution in [0.2, 0.25) is 0 Å². The van der Waals surface area contributed by atoms with Gasteiger partial charge >= 0.3 is 0 Å². The topological polar surface area (TPSA) is 29.5 Å². The summed E-state index contributed by atoms with van der Waals surface area (Å²) in [6.45, 7) is 4.23. The fraction of sp³-hybridized carbons (Fsp3) is 0.296. The van der Waals surface area contributed by atoms with E-state index in [1.165, 1.54) is 5.56 Å². The molecule has 0 bridgehead atoms. The monoisotopic (exact) mass is 399 g/mol. The zero-order chi connectivity index (χ0) is 20.9. The Labute approximate surface area is 179 Å². The molecule has 3 aromatic carbocycles. The molecule has 1 aliphatic rings. The molecule has 154 valence electrons. The molecule has 4 rings (SSSR count). The Morgan fingerprint density at radius 2 is 1.43 bits per heavy atom. The first-order valence-electron chi connectivity index (χ1n) is 10.7. The number of Topliss-reactive ketones (excluding diaryl/α,β-unsaturated/α-hetero) is 1. The minimum absolute atomic E-state index is 0.151. The van der Waals surface area contributed by atoms with Crippen molar-refractivity contribution in [3.05, 3.63) is 89.5 Å². The van der Waals surface area contributed by atoms with Crippen LogP contribution in [0.4, 0.5) is 0 Å². The van der Waals surface area contributed by atoms with Gasteiger partial charge in [-0.15, -0.1) is 0 Å². The molecular formula is C27H29NO2. The maximum Gasteiger partial charge on any atom is 0.167 e.